The molecule has 0 spiro atoms. The molecule has 20 heavy (non-hydrogen) atoms. The van der Waals surface area contributed by atoms with E-state index in [-0.39, 0.29) is 0 Å². The summed E-state index contributed by atoms with van der Waals surface area (Å²) in [7, 11) is 0. The molecule has 0 fully saturated rings. The number of nitrogens with two attached hydrogens (primary N) is 1. The van der Waals surface area contributed by atoms with Crippen molar-refractivity contribution in [3.05, 3.63) is 42.4 Å². The molecule has 3 aromatic heterocycles. The predicted octanol–water partition coefficient (Wildman–Crippen LogP) is 2.40. The third-order valence-electron chi connectivity index (χ3n) is 2.47. The van der Waals surface area contributed by atoms with Crippen molar-refractivity contribution >= 4 is 39.5 Å². The van der Waals surface area contributed by atoms with E-state index in [1.165, 1.54) is 17.7 Å². The third-order valence-corrected chi connectivity index (χ3v) is 3.15. The fraction of sp³-hybridized carbons (Fsp3) is 0. The molecule has 100 valence electrons. The first-order valence-corrected chi connectivity index (χ1v) is 6.65. The number of hydrogen-bond acceptors (Lipinski definition) is 8. The lowest BCUT2D eigenvalue weighted by molar-refractivity contribution is 1.16. The molecule has 0 radical (unpaired) electrons. The Bertz CT molecular complexity index is 684. The van der Waals surface area contributed by atoms with Crippen molar-refractivity contribution in [1.82, 2.24) is 19.9 Å². The largest absolute Gasteiger partial charge is 0.393 e. The molecule has 0 aliphatic rings. The van der Waals surface area contributed by atoms with Gasteiger partial charge >= 0.3 is 0 Å². The summed E-state index contributed by atoms with van der Waals surface area (Å²) < 4.78 is 0. The Kier molecular flexibility index (Phi) is 3.38. The summed E-state index contributed by atoms with van der Waals surface area (Å²) in [4.78, 5) is 16.4. The SMILES string of the molecule is Nc1c(Nc2cccnc2)ncnc1Nc1nccs1. The molecule has 0 unspecified atom stereocenters. The standard InChI is InChI=1S/C12H11N7S/c13-9-10(18-8-2-1-3-14-6-8)16-7-17-11(9)19-12-15-4-5-20-12/h1-7H,13H2,(H2,15,16,17,18,19). The van der Waals surface area contributed by atoms with Crippen LogP contribution in [0, 0.1) is 0 Å². The quantitative estimate of drug-likeness (QED) is 0.676. The van der Waals surface area contributed by atoms with Crippen molar-refractivity contribution in [3.8, 4) is 0 Å². The van der Waals surface area contributed by atoms with E-state index in [4.69, 9.17) is 5.73 Å². The van der Waals surface area contributed by atoms with Gasteiger partial charge in [0, 0.05) is 17.8 Å². The summed E-state index contributed by atoms with van der Waals surface area (Å²) >= 11 is 1.47. The lowest BCUT2D eigenvalue weighted by Gasteiger charge is -2.10. The van der Waals surface area contributed by atoms with Gasteiger partial charge in [-0.1, -0.05) is 0 Å². The Morgan fingerprint density at radius 3 is 2.60 bits per heavy atom. The molecule has 4 N–H and O–H groups in total. The van der Waals surface area contributed by atoms with Crippen molar-refractivity contribution < 1.29 is 0 Å². The summed E-state index contributed by atoms with van der Waals surface area (Å²) in [5, 5.41) is 8.74. The van der Waals surface area contributed by atoms with E-state index in [9.17, 15) is 0 Å². The number of thiazole rings is 1. The predicted molar refractivity (Wildman–Crippen MR) is 79.4 cm³/mol. The molecule has 7 nitrogen and oxygen atoms in total. The molecule has 0 saturated heterocycles. The molecule has 0 saturated carbocycles. The first kappa shape index (κ1) is 12.3. The van der Waals surface area contributed by atoms with Gasteiger partial charge in [-0.15, -0.1) is 11.3 Å². The Morgan fingerprint density at radius 1 is 1.05 bits per heavy atom. The smallest absolute Gasteiger partial charge is 0.188 e. The summed E-state index contributed by atoms with van der Waals surface area (Å²) in [5.41, 5.74) is 7.28. The maximum Gasteiger partial charge on any atom is 0.188 e. The molecule has 0 aromatic carbocycles. The number of nitrogens with zero attached hydrogens (tertiary/aromatic N) is 4. The Labute approximate surface area is 119 Å². The molecule has 3 rings (SSSR count). The van der Waals surface area contributed by atoms with E-state index in [2.05, 4.69) is 30.6 Å². The maximum atomic E-state index is 6.05. The van der Waals surface area contributed by atoms with Gasteiger partial charge in [-0.3, -0.25) is 4.98 Å². The first-order valence-electron chi connectivity index (χ1n) is 5.77. The number of rotatable bonds is 4. The fourth-order valence-electron chi connectivity index (χ4n) is 1.55. The first-order chi connectivity index (χ1) is 9.83. The van der Waals surface area contributed by atoms with Gasteiger partial charge in [-0.25, -0.2) is 15.0 Å². The van der Waals surface area contributed by atoms with Crippen LogP contribution in [0.4, 0.5) is 28.1 Å². The van der Waals surface area contributed by atoms with Crippen molar-refractivity contribution in [2.45, 2.75) is 0 Å². The van der Waals surface area contributed by atoms with Crippen LogP contribution in [-0.4, -0.2) is 19.9 Å². The molecule has 0 amide bonds. The van der Waals surface area contributed by atoms with Gasteiger partial charge < -0.3 is 16.4 Å². The Balaban J connectivity index is 1.85. The van der Waals surface area contributed by atoms with Crippen LogP contribution >= 0.6 is 11.3 Å². The average molecular weight is 285 g/mol. The zero-order chi connectivity index (χ0) is 13.8. The van der Waals surface area contributed by atoms with Crippen LogP contribution in [-0.2, 0) is 0 Å². The zero-order valence-corrected chi connectivity index (χ0v) is 11.1. The van der Waals surface area contributed by atoms with Crippen molar-refractivity contribution in [3.63, 3.8) is 0 Å². The highest BCUT2D eigenvalue weighted by Gasteiger charge is 2.09. The second kappa shape index (κ2) is 5.49. The number of pyridine rings is 1. The second-order valence-corrected chi connectivity index (χ2v) is 4.71. The van der Waals surface area contributed by atoms with Crippen molar-refractivity contribution in [1.29, 1.82) is 0 Å². The van der Waals surface area contributed by atoms with E-state index in [0.717, 1.165) is 10.8 Å². The Morgan fingerprint density at radius 2 is 1.90 bits per heavy atom. The van der Waals surface area contributed by atoms with Crippen LogP contribution in [0.2, 0.25) is 0 Å². The van der Waals surface area contributed by atoms with Gasteiger partial charge in [0.1, 0.15) is 12.0 Å². The summed E-state index contributed by atoms with van der Waals surface area (Å²) in [6.07, 6.45) is 6.53. The van der Waals surface area contributed by atoms with Gasteiger partial charge in [0.25, 0.3) is 0 Å². The van der Waals surface area contributed by atoms with Gasteiger partial charge in [-0.05, 0) is 12.1 Å². The van der Waals surface area contributed by atoms with Gasteiger partial charge in [0.2, 0.25) is 0 Å². The minimum atomic E-state index is 0.423. The van der Waals surface area contributed by atoms with Crippen LogP contribution in [0.3, 0.4) is 0 Å². The van der Waals surface area contributed by atoms with Crippen LogP contribution < -0.4 is 16.4 Å². The molecule has 0 aliphatic heterocycles. The normalized spacial score (nSPS) is 10.2. The van der Waals surface area contributed by atoms with Gasteiger partial charge in [0.15, 0.2) is 16.8 Å². The van der Waals surface area contributed by atoms with E-state index in [0.29, 0.717) is 17.3 Å². The molecule has 0 bridgehead atoms. The highest BCUT2D eigenvalue weighted by molar-refractivity contribution is 7.13. The van der Waals surface area contributed by atoms with Crippen molar-refractivity contribution in [2.24, 2.45) is 0 Å². The molecule has 3 aromatic rings. The van der Waals surface area contributed by atoms with Gasteiger partial charge in [-0.2, -0.15) is 0 Å². The maximum absolute atomic E-state index is 6.05. The molecule has 3 heterocycles. The van der Waals surface area contributed by atoms with Crippen LogP contribution in [0.15, 0.2) is 42.4 Å². The van der Waals surface area contributed by atoms with Crippen LogP contribution in [0.5, 0.6) is 0 Å². The summed E-state index contributed by atoms with van der Waals surface area (Å²) in [5.74, 6) is 1.04. The van der Waals surface area contributed by atoms with E-state index < -0.39 is 0 Å². The topological polar surface area (TPSA) is 102 Å². The minimum absolute atomic E-state index is 0.423. The van der Waals surface area contributed by atoms with Crippen LogP contribution in [0.25, 0.3) is 0 Å². The average Bonchev–Trinajstić information content (AvgIpc) is 2.97. The molecular weight excluding hydrogens is 274 g/mol. The highest BCUT2D eigenvalue weighted by Crippen LogP contribution is 2.28. The number of aromatic nitrogens is 4. The minimum Gasteiger partial charge on any atom is -0.393 e. The number of nitrogens with one attached hydrogen (secondary N) is 2. The number of nitrogen functional groups attached to an aromatic ring is 1. The number of anilines is 5. The second-order valence-electron chi connectivity index (χ2n) is 3.81. The number of hydrogen-bond donors (Lipinski definition) is 3. The van der Waals surface area contributed by atoms with E-state index >= 15 is 0 Å². The fourth-order valence-corrected chi connectivity index (χ4v) is 2.08. The van der Waals surface area contributed by atoms with Crippen molar-refractivity contribution in [2.75, 3.05) is 16.4 Å². The zero-order valence-electron chi connectivity index (χ0n) is 10.3. The lowest BCUT2D eigenvalue weighted by Crippen LogP contribution is -2.05. The van der Waals surface area contributed by atoms with E-state index in [1.807, 2.05) is 17.5 Å². The van der Waals surface area contributed by atoms with E-state index in [1.54, 1.807) is 18.6 Å². The molecule has 8 heteroatoms. The summed E-state index contributed by atoms with van der Waals surface area (Å²) in [6.45, 7) is 0. The molecule has 0 aliphatic carbocycles. The Hall–Kier alpha value is -2.74. The molecule has 0 atom stereocenters. The molecular formula is C12H11N7S. The van der Waals surface area contributed by atoms with Gasteiger partial charge in [0.05, 0.1) is 11.9 Å². The third kappa shape index (κ3) is 2.64. The monoisotopic (exact) mass is 285 g/mol. The summed E-state index contributed by atoms with van der Waals surface area (Å²) in [6, 6.07) is 3.71. The highest BCUT2D eigenvalue weighted by atomic mass is 32.1. The lowest BCUT2D eigenvalue weighted by atomic mass is 10.4. The van der Waals surface area contributed by atoms with Crippen LogP contribution in [0.1, 0.15) is 0 Å².